The van der Waals surface area contributed by atoms with Gasteiger partial charge in [-0.2, -0.15) is 0 Å². The van der Waals surface area contributed by atoms with Crippen molar-refractivity contribution in [1.29, 1.82) is 0 Å². The average Bonchev–Trinajstić information content (AvgIpc) is 3.43. The number of nitrogens with zero attached hydrogens (tertiary/aromatic N) is 3. The van der Waals surface area contributed by atoms with E-state index in [1.807, 2.05) is 24.3 Å². The van der Waals surface area contributed by atoms with Crippen molar-refractivity contribution in [3.8, 4) is 0 Å². The van der Waals surface area contributed by atoms with E-state index in [2.05, 4.69) is 46.3 Å². The van der Waals surface area contributed by atoms with Gasteiger partial charge in [-0.05, 0) is 47.9 Å². The van der Waals surface area contributed by atoms with Crippen molar-refractivity contribution in [2.75, 3.05) is 44.2 Å². The van der Waals surface area contributed by atoms with Crippen LogP contribution in [-0.4, -0.2) is 66.9 Å². The summed E-state index contributed by atoms with van der Waals surface area (Å²) in [6.45, 7) is 7.75. The molecule has 1 atom stereocenters. The van der Waals surface area contributed by atoms with Crippen LogP contribution in [-0.2, 0) is 17.8 Å². The summed E-state index contributed by atoms with van der Waals surface area (Å²) >= 11 is 0. The predicted octanol–water partition coefficient (Wildman–Crippen LogP) is 3.09. The first-order valence-corrected chi connectivity index (χ1v) is 12.3. The molecule has 0 unspecified atom stereocenters. The van der Waals surface area contributed by atoms with Crippen LogP contribution in [0.3, 0.4) is 0 Å². The maximum absolute atomic E-state index is 13.2. The average molecular weight is 473 g/mol. The number of carbonyl (C=O) groups excluding carboxylic acids is 2. The molecular weight excluding hydrogens is 440 g/mol. The van der Waals surface area contributed by atoms with Crippen molar-refractivity contribution >= 4 is 17.5 Å². The largest absolute Gasteiger partial charge is 0.459 e. The fourth-order valence-corrected chi connectivity index (χ4v) is 5.02. The first-order valence-electron chi connectivity index (χ1n) is 12.3. The number of hydrogen-bond donors (Lipinski definition) is 1. The molecule has 35 heavy (non-hydrogen) atoms. The number of rotatable bonds is 6. The maximum Gasteiger partial charge on any atom is 0.290 e. The number of piperazine rings is 1. The number of furan rings is 1. The second kappa shape index (κ2) is 10.4. The van der Waals surface area contributed by atoms with E-state index in [1.165, 1.54) is 17.5 Å². The van der Waals surface area contributed by atoms with Gasteiger partial charge in [-0.25, -0.2) is 0 Å². The number of aryl methyl sites for hydroxylation is 1. The van der Waals surface area contributed by atoms with Crippen LogP contribution in [0.5, 0.6) is 0 Å². The van der Waals surface area contributed by atoms with Gasteiger partial charge in [-0.3, -0.25) is 14.5 Å². The van der Waals surface area contributed by atoms with Gasteiger partial charge in [-0.15, -0.1) is 0 Å². The van der Waals surface area contributed by atoms with Crippen molar-refractivity contribution in [3.63, 3.8) is 0 Å². The van der Waals surface area contributed by atoms with Crippen molar-refractivity contribution in [2.24, 2.45) is 0 Å². The van der Waals surface area contributed by atoms with Gasteiger partial charge < -0.3 is 19.5 Å². The van der Waals surface area contributed by atoms with Crippen LogP contribution in [0.1, 0.15) is 27.2 Å². The Hall–Kier alpha value is -3.58. The van der Waals surface area contributed by atoms with Crippen LogP contribution >= 0.6 is 0 Å². The van der Waals surface area contributed by atoms with Crippen LogP contribution in [0.4, 0.5) is 5.69 Å². The zero-order valence-corrected chi connectivity index (χ0v) is 20.2. The Morgan fingerprint density at radius 1 is 0.971 bits per heavy atom. The molecule has 1 aromatic heterocycles. The highest BCUT2D eigenvalue weighted by molar-refractivity contribution is 5.96. The predicted molar refractivity (Wildman–Crippen MR) is 135 cm³/mol. The minimum atomic E-state index is -0.555. The maximum atomic E-state index is 13.2. The third-order valence-corrected chi connectivity index (χ3v) is 7.01. The van der Waals surface area contributed by atoms with E-state index in [1.54, 1.807) is 17.0 Å². The molecule has 3 aromatic rings. The van der Waals surface area contributed by atoms with Gasteiger partial charge in [-0.1, -0.05) is 36.4 Å². The Kier molecular flexibility index (Phi) is 6.86. The second-order valence-corrected chi connectivity index (χ2v) is 9.36. The van der Waals surface area contributed by atoms with E-state index >= 15 is 0 Å². The zero-order chi connectivity index (χ0) is 24.2. The molecule has 1 fully saturated rings. The summed E-state index contributed by atoms with van der Waals surface area (Å²) in [4.78, 5) is 32.8. The van der Waals surface area contributed by atoms with Gasteiger partial charge in [0.15, 0.2) is 5.76 Å². The van der Waals surface area contributed by atoms with E-state index in [-0.39, 0.29) is 17.6 Å². The molecule has 2 aliphatic heterocycles. The summed E-state index contributed by atoms with van der Waals surface area (Å²) in [5, 5.41) is 3.09. The Morgan fingerprint density at radius 3 is 2.51 bits per heavy atom. The smallest absolute Gasteiger partial charge is 0.290 e. The normalized spacial score (nSPS) is 18.3. The second-order valence-electron chi connectivity index (χ2n) is 9.36. The summed E-state index contributed by atoms with van der Waals surface area (Å²) in [7, 11) is 0. The number of hydrogen-bond acceptors (Lipinski definition) is 5. The van der Waals surface area contributed by atoms with Gasteiger partial charge in [0.25, 0.3) is 5.91 Å². The molecule has 0 aliphatic carbocycles. The monoisotopic (exact) mass is 472 g/mol. The lowest BCUT2D eigenvalue weighted by Crippen LogP contribution is -2.54. The molecule has 2 aromatic carbocycles. The fraction of sp³-hybridized carbons (Fsp3) is 0.357. The lowest BCUT2D eigenvalue weighted by molar-refractivity contribution is -0.126. The minimum Gasteiger partial charge on any atom is -0.459 e. The van der Waals surface area contributed by atoms with Gasteiger partial charge in [0.2, 0.25) is 5.91 Å². The molecule has 1 saturated heterocycles. The zero-order valence-electron chi connectivity index (χ0n) is 20.2. The molecule has 7 heteroatoms. The number of amides is 2. The molecule has 3 heterocycles. The topological polar surface area (TPSA) is 69.0 Å². The van der Waals surface area contributed by atoms with Gasteiger partial charge in [0.05, 0.1) is 6.26 Å². The number of carbonyl (C=O) groups is 2. The summed E-state index contributed by atoms with van der Waals surface area (Å²) in [5.41, 5.74) is 4.74. The van der Waals surface area contributed by atoms with Gasteiger partial charge in [0.1, 0.15) is 6.04 Å². The number of benzene rings is 2. The van der Waals surface area contributed by atoms with Crippen molar-refractivity contribution in [1.82, 2.24) is 15.1 Å². The molecule has 2 amide bonds. The first-order chi connectivity index (χ1) is 17.1. The molecule has 0 saturated carbocycles. The van der Waals surface area contributed by atoms with Crippen molar-refractivity contribution in [2.45, 2.75) is 25.9 Å². The molecule has 7 nitrogen and oxygen atoms in total. The van der Waals surface area contributed by atoms with E-state index in [0.29, 0.717) is 19.5 Å². The number of fused-ring (bicyclic) bond motifs is 1. The summed E-state index contributed by atoms with van der Waals surface area (Å²) < 4.78 is 5.34. The van der Waals surface area contributed by atoms with Crippen LogP contribution in [0.25, 0.3) is 0 Å². The van der Waals surface area contributed by atoms with Crippen LogP contribution in [0, 0.1) is 6.92 Å². The lowest BCUT2D eigenvalue weighted by Gasteiger charge is -2.37. The van der Waals surface area contributed by atoms with E-state index in [0.717, 1.165) is 43.9 Å². The van der Waals surface area contributed by atoms with Crippen LogP contribution < -0.4 is 10.2 Å². The van der Waals surface area contributed by atoms with Crippen LogP contribution in [0.15, 0.2) is 71.3 Å². The van der Waals surface area contributed by atoms with E-state index in [4.69, 9.17) is 4.42 Å². The van der Waals surface area contributed by atoms with Gasteiger partial charge >= 0.3 is 0 Å². The Morgan fingerprint density at radius 2 is 1.77 bits per heavy atom. The molecular formula is C28H32N4O3. The third-order valence-electron chi connectivity index (χ3n) is 7.01. The van der Waals surface area contributed by atoms with Crippen molar-refractivity contribution in [3.05, 3.63) is 89.4 Å². The summed E-state index contributed by atoms with van der Waals surface area (Å²) in [6.07, 6.45) is 1.99. The Bertz CT molecular complexity index is 1170. The third kappa shape index (κ3) is 5.25. The highest BCUT2D eigenvalue weighted by atomic mass is 16.3. The lowest BCUT2D eigenvalue weighted by atomic mass is 9.93. The molecule has 1 N–H and O–H groups in total. The minimum absolute atomic E-state index is 0.113. The molecule has 5 rings (SSSR count). The van der Waals surface area contributed by atoms with Crippen LogP contribution in [0.2, 0.25) is 0 Å². The molecule has 182 valence electrons. The van der Waals surface area contributed by atoms with Crippen molar-refractivity contribution < 1.29 is 14.0 Å². The molecule has 2 aliphatic rings. The van der Waals surface area contributed by atoms with E-state index < -0.39 is 6.04 Å². The molecule has 0 spiro atoms. The Balaban J connectivity index is 1.17. The van der Waals surface area contributed by atoms with E-state index in [9.17, 15) is 9.59 Å². The van der Waals surface area contributed by atoms with Gasteiger partial charge in [0, 0.05) is 57.9 Å². The number of nitrogens with one attached hydrogen (secondary N) is 1. The number of anilines is 1. The Labute approximate surface area is 206 Å². The quantitative estimate of drug-likeness (QED) is 0.597. The highest BCUT2D eigenvalue weighted by Crippen LogP contribution is 2.25. The standard InChI is InChI=1S/C28H32N4O3/c1-21-6-4-9-24(18-21)31-15-13-30(14-16-31)12-11-29-27(33)25-19-22-7-2-3-8-23(22)20-32(25)28(34)26-10-5-17-35-26/h2-10,17-18,25H,11-16,19-20H2,1H3,(H,29,33)/t25-/m1/s1. The fourth-order valence-electron chi connectivity index (χ4n) is 5.02. The summed E-state index contributed by atoms with van der Waals surface area (Å²) in [5.74, 6) is -0.108. The SMILES string of the molecule is Cc1cccc(N2CCN(CCNC(=O)[C@H]3Cc4ccccc4CN3C(=O)c3ccco3)CC2)c1. The summed E-state index contributed by atoms with van der Waals surface area (Å²) in [6, 6.07) is 19.4. The molecule has 0 radical (unpaired) electrons. The highest BCUT2D eigenvalue weighted by Gasteiger charge is 2.35. The first kappa shape index (κ1) is 23.2. The molecule has 0 bridgehead atoms.